The maximum absolute atomic E-state index is 10.7. The summed E-state index contributed by atoms with van der Waals surface area (Å²) >= 11 is 0. The van der Waals surface area contributed by atoms with E-state index in [4.69, 9.17) is 18.1 Å². The summed E-state index contributed by atoms with van der Waals surface area (Å²) in [5.74, 6) is 0. The molecule has 0 rings (SSSR count). The molecule has 0 saturated carbocycles. The summed E-state index contributed by atoms with van der Waals surface area (Å²) in [6.45, 7) is 0. The van der Waals surface area contributed by atoms with Crippen LogP contribution in [0.1, 0.15) is 0 Å². The van der Waals surface area contributed by atoms with Crippen LogP contribution in [0.15, 0.2) is 0 Å². The van der Waals surface area contributed by atoms with Crippen molar-refractivity contribution < 1.29 is 53.6 Å². The predicted octanol–water partition coefficient (Wildman–Crippen LogP) is -0.343. The van der Waals surface area contributed by atoms with E-state index in [2.05, 4.69) is 0 Å². The topological polar surface area (TPSA) is 77.4 Å². The molecule has 0 fully saturated rings. The first kappa shape index (κ1) is 17.5. The third kappa shape index (κ3) is 8.31. The number of alkyl halides is 3. The Morgan fingerprint density at radius 3 is 1.36 bits per heavy atom. The Bertz CT molecular complexity index is 172. The largest absolute Gasteiger partial charge is 1.00 e. The SMILES string of the molecule is CO.O=S(=O)([O-])C(F)(F)F.[Ag+]. The van der Waals surface area contributed by atoms with Gasteiger partial charge in [0.25, 0.3) is 0 Å². The summed E-state index contributed by atoms with van der Waals surface area (Å²) in [4.78, 5) is 0. The first-order chi connectivity index (χ1) is 4.25. The molecule has 0 spiro atoms. The summed E-state index contributed by atoms with van der Waals surface area (Å²) in [5, 5.41) is 7.00. The zero-order valence-electron chi connectivity index (χ0n) is 5.02. The second-order valence-electron chi connectivity index (χ2n) is 0.900. The molecule has 0 aromatic carbocycles. The number of hydrogen-bond acceptors (Lipinski definition) is 4. The maximum Gasteiger partial charge on any atom is 1.00 e. The molecule has 1 N–H and O–H groups in total. The van der Waals surface area contributed by atoms with E-state index in [9.17, 15) is 13.2 Å². The van der Waals surface area contributed by atoms with Crippen LogP contribution in [0.25, 0.3) is 0 Å². The Morgan fingerprint density at radius 1 is 1.27 bits per heavy atom. The molecule has 0 unspecified atom stereocenters. The Morgan fingerprint density at radius 2 is 1.36 bits per heavy atom. The Hall–Kier alpha value is 0.400. The second kappa shape index (κ2) is 5.98. The molecule has 0 saturated heterocycles. The van der Waals surface area contributed by atoms with Crippen molar-refractivity contribution in [3.05, 3.63) is 0 Å². The molecule has 0 aromatic rings. The van der Waals surface area contributed by atoms with Crippen LogP contribution >= 0.6 is 0 Å². The third-order valence-corrected chi connectivity index (χ3v) is 0.850. The van der Waals surface area contributed by atoms with Crippen LogP contribution in [-0.2, 0) is 32.5 Å². The molecule has 0 bridgehead atoms. The van der Waals surface area contributed by atoms with Crippen LogP contribution in [0.3, 0.4) is 0 Å². The summed E-state index contributed by atoms with van der Waals surface area (Å²) in [6.07, 6.45) is 0. The molecule has 0 aliphatic carbocycles. The van der Waals surface area contributed by atoms with Crippen LogP contribution in [0.5, 0.6) is 0 Å². The van der Waals surface area contributed by atoms with Crippen LogP contribution in [0.4, 0.5) is 13.2 Å². The number of hydrogen-bond donors (Lipinski definition) is 1. The van der Waals surface area contributed by atoms with Crippen molar-refractivity contribution in [3.63, 3.8) is 0 Å². The van der Waals surface area contributed by atoms with Gasteiger partial charge in [-0.3, -0.25) is 0 Å². The molecule has 0 atom stereocenters. The third-order valence-electron chi connectivity index (χ3n) is 0.283. The molecule has 11 heavy (non-hydrogen) atoms. The smallest absolute Gasteiger partial charge is 0.741 e. The summed E-state index contributed by atoms with van der Waals surface area (Å²) in [6, 6.07) is 0. The number of aliphatic hydroxyl groups excluding tert-OH is 1. The fourth-order valence-corrected chi connectivity index (χ4v) is 0. The van der Waals surface area contributed by atoms with Crippen LogP contribution in [0.2, 0.25) is 0 Å². The van der Waals surface area contributed by atoms with Crippen molar-refractivity contribution in [2.24, 2.45) is 0 Å². The molecule has 0 amide bonds. The van der Waals surface area contributed by atoms with Crippen LogP contribution < -0.4 is 0 Å². The molecule has 0 radical (unpaired) electrons. The zero-order chi connectivity index (χ0) is 9.00. The van der Waals surface area contributed by atoms with Gasteiger partial charge < -0.3 is 9.66 Å². The first-order valence-electron chi connectivity index (χ1n) is 1.72. The average Bonchev–Trinajstić information content (AvgIpc) is 1.66. The van der Waals surface area contributed by atoms with Crippen LogP contribution in [-0.4, -0.2) is 30.7 Å². The van der Waals surface area contributed by atoms with Crippen molar-refractivity contribution in [3.8, 4) is 0 Å². The summed E-state index contributed by atoms with van der Waals surface area (Å²) in [7, 11) is -5.09. The quantitative estimate of drug-likeness (QED) is 0.376. The predicted molar refractivity (Wildman–Crippen MR) is 23.9 cm³/mol. The Balaban J connectivity index is -0.000000196. The fourth-order valence-electron chi connectivity index (χ4n) is 0. The van der Waals surface area contributed by atoms with E-state index >= 15 is 0 Å². The standard InChI is InChI=1S/CHF3O3S.CH4O.Ag/c2-1(3,4)8(5,6)7;1-2;/h(H,5,6,7);2H,1H3;/q;;+1/p-1. The molecular weight excluding hydrogens is 285 g/mol. The molecule has 0 heterocycles. The van der Waals surface area contributed by atoms with E-state index in [0.717, 1.165) is 7.11 Å². The molecule has 0 aromatic heterocycles. The molecule has 0 aliphatic rings. The monoisotopic (exact) mass is 288 g/mol. The van der Waals surface area contributed by atoms with Gasteiger partial charge in [-0.2, -0.15) is 13.2 Å². The Kier molecular flexibility index (Phi) is 9.49. The van der Waals surface area contributed by atoms with Gasteiger partial charge in [0.2, 0.25) is 0 Å². The molecule has 4 nitrogen and oxygen atoms in total. The minimum absolute atomic E-state index is 0. The summed E-state index contributed by atoms with van der Waals surface area (Å²) < 4.78 is 58.9. The van der Waals surface area contributed by atoms with Crippen molar-refractivity contribution in [1.82, 2.24) is 0 Å². The van der Waals surface area contributed by atoms with E-state index < -0.39 is 15.6 Å². The molecular formula is C2H4AgF3O4S. The van der Waals surface area contributed by atoms with Gasteiger partial charge >= 0.3 is 27.9 Å². The van der Waals surface area contributed by atoms with Gasteiger partial charge in [-0.05, 0) is 0 Å². The Labute approximate surface area is 76.7 Å². The molecule has 9 heteroatoms. The van der Waals surface area contributed by atoms with E-state index in [1.165, 1.54) is 0 Å². The van der Waals surface area contributed by atoms with Gasteiger partial charge in [0.05, 0.1) is 0 Å². The van der Waals surface area contributed by atoms with E-state index in [1.807, 2.05) is 0 Å². The molecule has 74 valence electrons. The second-order valence-corrected chi connectivity index (χ2v) is 2.27. The fraction of sp³-hybridized carbons (Fsp3) is 1.00. The minimum atomic E-state index is -6.09. The van der Waals surface area contributed by atoms with Gasteiger partial charge in [0.1, 0.15) is 0 Å². The maximum atomic E-state index is 10.7. The van der Waals surface area contributed by atoms with Crippen molar-refractivity contribution in [2.75, 3.05) is 7.11 Å². The van der Waals surface area contributed by atoms with Gasteiger partial charge in [0, 0.05) is 7.11 Å². The normalized spacial score (nSPS) is 10.7. The van der Waals surface area contributed by atoms with E-state index in [1.54, 1.807) is 0 Å². The number of rotatable bonds is 0. The minimum Gasteiger partial charge on any atom is -0.741 e. The van der Waals surface area contributed by atoms with Crippen LogP contribution in [0, 0.1) is 0 Å². The van der Waals surface area contributed by atoms with Gasteiger partial charge in [0.15, 0.2) is 10.1 Å². The summed E-state index contributed by atoms with van der Waals surface area (Å²) in [5.41, 5.74) is -5.65. The van der Waals surface area contributed by atoms with Crippen molar-refractivity contribution in [2.45, 2.75) is 5.51 Å². The van der Waals surface area contributed by atoms with Gasteiger partial charge in [-0.15, -0.1) is 0 Å². The van der Waals surface area contributed by atoms with Crippen molar-refractivity contribution >= 4 is 10.1 Å². The van der Waals surface area contributed by atoms with Gasteiger partial charge in [-0.25, -0.2) is 8.42 Å². The van der Waals surface area contributed by atoms with Gasteiger partial charge in [-0.1, -0.05) is 0 Å². The average molecular weight is 289 g/mol. The van der Waals surface area contributed by atoms with E-state index in [0.29, 0.717) is 0 Å². The zero-order valence-corrected chi connectivity index (χ0v) is 7.31. The van der Waals surface area contributed by atoms with E-state index in [-0.39, 0.29) is 22.4 Å². The van der Waals surface area contributed by atoms with Crippen molar-refractivity contribution in [1.29, 1.82) is 0 Å². The molecule has 0 aliphatic heterocycles. The number of halogens is 3. The first-order valence-corrected chi connectivity index (χ1v) is 3.13. The number of aliphatic hydroxyl groups is 1.